The predicted octanol–water partition coefficient (Wildman–Crippen LogP) is 2.81. The highest BCUT2D eigenvalue weighted by atomic mass is 16.5. The Kier molecular flexibility index (Phi) is 4.55. The van der Waals surface area contributed by atoms with E-state index in [4.69, 9.17) is 10.6 Å². The van der Waals surface area contributed by atoms with Gasteiger partial charge >= 0.3 is 0 Å². The largest absolute Gasteiger partial charge is 0.490 e. The van der Waals surface area contributed by atoms with Crippen LogP contribution in [-0.4, -0.2) is 35.6 Å². The highest BCUT2D eigenvalue weighted by Crippen LogP contribution is 2.39. The van der Waals surface area contributed by atoms with Crippen LogP contribution in [0, 0.1) is 0 Å². The lowest BCUT2D eigenvalue weighted by Crippen LogP contribution is -2.48. The van der Waals surface area contributed by atoms with Crippen LogP contribution in [0.1, 0.15) is 18.4 Å². The SMILES string of the molecule is C=CC1=C(N(C)N)C=COC12CCN(Cc1ccccc1)CC2. The Balaban J connectivity index is 1.72. The number of nitrogens with zero attached hydrogens (tertiary/aromatic N) is 2. The molecule has 1 aromatic rings. The lowest BCUT2D eigenvalue weighted by atomic mass is 9.81. The van der Waals surface area contributed by atoms with E-state index in [0.29, 0.717) is 0 Å². The minimum absolute atomic E-state index is 0.285. The Morgan fingerprint density at radius 2 is 2.00 bits per heavy atom. The highest BCUT2D eigenvalue weighted by molar-refractivity contribution is 5.40. The number of piperidine rings is 1. The third-order valence-corrected chi connectivity index (χ3v) is 4.78. The molecule has 0 aromatic heterocycles. The van der Waals surface area contributed by atoms with Crippen LogP contribution in [0.5, 0.6) is 0 Å². The van der Waals surface area contributed by atoms with Crippen LogP contribution >= 0.6 is 0 Å². The number of hydrogen-bond donors (Lipinski definition) is 1. The quantitative estimate of drug-likeness (QED) is 0.686. The molecule has 2 heterocycles. The van der Waals surface area contributed by atoms with Gasteiger partial charge in [0.25, 0.3) is 0 Å². The number of rotatable bonds is 4. The zero-order valence-corrected chi connectivity index (χ0v) is 13.7. The Labute approximate surface area is 138 Å². The fourth-order valence-electron chi connectivity index (χ4n) is 3.51. The second kappa shape index (κ2) is 6.60. The molecule has 1 spiro atoms. The molecule has 4 nitrogen and oxygen atoms in total. The number of likely N-dealkylation sites (N-methyl/N-ethyl adjacent to an activating group) is 1. The van der Waals surface area contributed by atoms with Gasteiger partial charge in [0.1, 0.15) is 5.60 Å². The predicted molar refractivity (Wildman–Crippen MR) is 93.1 cm³/mol. The molecule has 4 heteroatoms. The first-order valence-electron chi connectivity index (χ1n) is 8.11. The molecule has 2 N–H and O–H groups in total. The number of hydrogen-bond acceptors (Lipinski definition) is 4. The lowest BCUT2D eigenvalue weighted by Gasteiger charge is -2.44. The number of nitrogens with two attached hydrogens (primary N) is 1. The first-order valence-corrected chi connectivity index (χ1v) is 8.11. The van der Waals surface area contributed by atoms with Crippen LogP contribution in [-0.2, 0) is 11.3 Å². The van der Waals surface area contributed by atoms with E-state index >= 15 is 0 Å². The van der Waals surface area contributed by atoms with Crippen molar-refractivity contribution in [3.63, 3.8) is 0 Å². The summed E-state index contributed by atoms with van der Waals surface area (Å²) in [7, 11) is 1.85. The van der Waals surface area contributed by atoms with Crippen LogP contribution in [0.4, 0.5) is 0 Å². The normalized spacial score (nSPS) is 20.4. The molecule has 0 amide bonds. The third-order valence-electron chi connectivity index (χ3n) is 4.78. The molecule has 0 atom stereocenters. The zero-order chi connectivity index (χ0) is 16.3. The second-order valence-corrected chi connectivity index (χ2v) is 6.29. The van der Waals surface area contributed by atoms with Crippen LogP contribution in [0.15, 0.2) is 66.6 Å². The first kappa shape index (κ1) is 15.8. The van der Waals surface area contributed by atoms with Gasteiger partial charge in [-0.2, -0.15) is 0 Å². The van der Waals surface area contributed by atoms with Crippen LogP contribution in [0.2, 0.25) is 0 Å². The van der Waals surface area contributed by atoms with E-state index in [1.807, 2.05) is 19.2 Å². The topological polar surface area (TPSA) is 41.7 Å². The molecule has 0 saturated carbocycles. The van der Waals surface area contributed by atoms with E-state index in [2.05, 4.69) is 41.8 Å². The number of allylic oxidation sites excluding steroid dienone is 1. The van der Waals surface area contributed by atoms with Crippen molar-refractivity contribution in [1.29, 1.82) is 0 Å². The van der Waals surface area contributed by atoms with Gasteiger partial charge in [-0.25, -0.2) is 5.84 Å². The van der Waals surface area contributed by atoms with E-state index in [1.165, 1.54) is 5.56 Å². The summed E-state index contributed by atoms with van der Waals surface area (Å²) in [6.07, 6.45) is 7.48. The van der Waals surface area contributed by atoms with Crippen molar-refractivity contribution in [2.75, 3.05) is 20.1 Å². The van der Waals surface area contributed by atoms with Gasteiger partial charge in [-0.05, 0) is 11.6 Å². The molecular weight excluding hydrogens is 286 g/mol. The first-order chi connectivity index (χ1) is 11.1. The van der Waals surface area contributed by atoms with Crippen molar-refractivity contribution in [3.8, 4) is 0 Å². The van der Waals surface area contributed by atoms with Crippen LogP contribution in [0.3, 0.4) is 0 Å². The van der Waals surface area contributed by atoms with Crippen molar-refractivity contribution in [2.24, 2.45) is 5.84 Å². The molecule has 2 aliphatic rings. The van der Waals surface area contributed by atoms with Crippen molar-refractivity contribution < 1.29 is 4.74 Å². The average molecular weight is 311 g/mol. The maximum atomic E-state index is 6.07. The van der Waals surface area contributed by atoms with E-state index in [9.17, 15) is 0 Å². The molecule has 0 unspecified atom stereocenters. The molecule has 0 radical (unpaired) electrons. The Bertz CT molecular complexity index is 611. The monoisotopic (exact) mass is 311 g/mol. The summed E-state index contributed by atoms with van der Waals surface area (Å²) < 4.78 is 6.07. The minimum atomic E-state index is -0.285. The molecular formula is C19H25N3O. The molecule has 2 aliphatic heterocycles. The highest BCUT2D eigenvalue weighted by Gasteiger charge is 2.41. The van der Waals surface area contributed by atoms with Gasteiger partial charge in [-0.1, -0.05) is 43.0 Å². The fraction of sp³-hybridized carbons (Fsp3) is 0.368. The Morgan fingerprint density at radius 1 is 1.30 bits per heavy atom. The second-order valence-electron chi connectivity index (χ2n) is 6.29. The van der Waals surface area contributed by atoms with Gasteiger partial charge in [0.05, 0.1) is 12.0 Å². The maximum absolute atomic E-state index is 6.07. The molecule has 23 heavy (non-hydrogen) atoms. The molecule has 3 rings (SSSR count). The minimum Gasteiger partial charge on any atom is -0.490 e. The fourth-order valence-corrected chi connectivity index (χ4v) is 3.51. The van der Waals surface area contributed by atoms with Gasteiger partial charge < -0.3 is 9.75 Å². The van der Waals surface area contributed by atoms with Crippen molar-refractivity contribution in [2.45, 2.75) is 25.0 Å². The summed E-state index contributed by atoms with van der Waals surface area (Å²) in [6, 6.07) is 10.6. The van der Waals surface area contributed by atoms with Crippen LogP contribution < -0.4 is 5.84 Å². The summed E-state index contributed by atoms with van der Waals surface area (Å²) >= 11 is 0. The van der Waals surface area contributed by atoms with E-state index < -0.39 is 0 Å². The molecule has 1 fully saturated rings. The maximum Gasteiger partial charge on any atom is 0.138 e. The van der Waals surface area contributed by atoms with Crippen molar-refractivity contribution in [3.05, 3.63) is 72.2 Å². The summed E-state index contributed by atoms with van der Waals surface area (Å²) in [5.41, 5.74) is 3.16. The van der Waals surface area contributed by atoms with Crippen molar-refractivity contribution >= 4 is 0 Å². The Morgan fingerprint density at radius 3 is 2.61 bits per heavy atom. The third kappa shape index (κ3) is 3.19. The number of hydrazine groups is 1. The standard InChI is InChI=1S/C19H25N3O/c1-3-17-18(21(2)20)9-14-23-19(17)10-12-22(13-11-19)15-16-7-5-4-6-8-16/h3-9,14H,1,10-13,15,20H2,2H3. The molecule has 0 aliphatic carbocycles. The summed E-state index contributed by atoms with van der Waals surface area (Å²) in [5, 5.41) is 1.65. The molecule has 1 aromatic carbocycles. The van der Waals surface area contributed by atoms with Gasteiger partial charge in [-0.3, -0.25) is 4.90 Å². The van der Waals surface area contributed by atoms with Gasteiger partial charge in [0, 0.05) is 45.1 Å². The number of benzene rings is 1. The molecule has 122 valence electrons. The average Bonchev–Trinajstić information content (AvgIpc) is 2.58. The molecule has 1 saturated heterocycles. The summed E-state index contributed by atoms with van der Waals surface area (Å²) in [6.45, 7) is 6.98. The van der Waals surface area contributed by atoms with Crippen molar-refractivity contribution in [1.82, 2.24) is 9.91 Å². The van der Waals surface area contributed by atoms with Gasteiger partial charge in [-0.15, -0.1) is 0 Å². The van der Waals surface area contributed by atoms with E-state index in [-0.39, 0.29) is 5.60 Å². The van der Waals surface area contributed by atoms with Gasteiger partial charge in [0.15, 0.2) is 0 Å². The lowest BCUT2D eigenvalue weighted by molar-refractivity contribution is -0.00850. The molecule has 0 bridgehead atoms. The van der Waals surface area contributed by atoms with Gasteiger partial charge in [0.2, 0.25) is 0 Å². The number of likely N-dealkylation sites (tertiary alicyclic amines) is 1. The smallest absolute Gasteiger partial charge is 0.138 e. The summed E-state index contributed by atoms with van der Waals surface area (Å²) in [4.78, 5) is 2.48. The van der Waals surface area contributed by atoms with E-state index in [1.54, 1.807) is 11.3 Å². The number of ether oxygens (including phenoxy) is 1. The Hall–Kier alpha value is -2.04. The van der Waals surface area contributed by atoms with Crippen LogP contribution in [0.25, 0.3) is 0 Å². The zero-order valence-electron chi connectivity index (χ0n) is 13.7. The van der Waals surface area contributed by atoms with E-state index in [0.717, 1.165) is 43.7 Å². The summed E-state index contributed by atoms with van der Waals surface area (Å²) in [5.74, 6) is 5.96.